The van der Waals surface area contributed by atoms with Gasteiger partial charge in [0.25, 0.3) is 5.56 Å². The van der Waals surface area contributed by atoms with E-state index in [9.17, 15) is 18.0 Å². The largest absolute Gasteiger partial charge is 0.493 e. The van der Waals surface area contributed by atoms with E-state index < -0.39 is 17.4 Å². The van der Waals surface area contributed by atoms with E-state index >= 15 is 0 Å². The van der Waals surface area contributed by atoms with Gasteiger partial charge in [-0.2, -0.15) is 13.2 Å². The molecule has 1 aromatic carbocycles. The molecule has 3 rings (SSSR count). The number of halogens is 3. The van der Waals surface area contributed by atoms with Crippen LogP contribution in [-0.4, -0.2) is 28.8 Å². The highest BCUT2D eigenvalue weighted by atomic mass is 19.4. The summed E-state index contributed by atoms with van der Waals surface area (Å²) >= 11 is 0. The fourth-order valence-electron chi connectivity index (χ4n) is 2.34. The Kier molecular flexibility index (Phi) is 3.70. The van der Waals surface area contributed by atoms with Crippen LogP contribution in [0.4, 0.5) is 13.2 Å². The van der Waals surface area contributed by atoms with Gasteiger partial charge in [0.2, 0.25) is 0 Å². The summed E-state index contributed by atoms with van der Waals surface area (Å²) in [7, 11) is 2.92. The fraction of sp³-hybridized carbons (Fsp3) is 0.200. The highest BCUT2D eigenvalue weighted by Crippen LogP contribution is 2.34. The SMILES string of the molecule is COc1ccc(-c2c[nH]n3c(=O)cc(C(F)(F)F)nc23)cc1OC. The Morgan fingerprint density at radius 3 is 2.46 bits per heavy atom. The third-order valence-corrected chi connectivity index (χ3v) is 3.48. The number of aromatic nitrogens is 3. The van der Waals surface area contributed by atoms with Crippen molar-refractivity contribution in [1.29, 1.82) is 0 Å². The number of alkyl halides is 3. The molecule has 0 unspecified atom stereocenters. The number of ether oxygens (including phenoxy) is 2. The molecule has 0 saturated carbocycles. The van der Waals surface area contributed by atoms with E-state index in [0.29, 0.717) is 28.7 Å². The maximum atomic E-state index is 12.9. The maximum absolute atomic E-state index is 12.9. The molecule has 1 N–H and O–H groups in total. The Morgan fingerprint density at radius 2 is 1.83 bits per heavy atom. The van der Waals surface area contributed by atoms with E-state index in [-0.39, 0.29) is 5.65 Å². The van der Waals surface area contributed by atoms with Crippen molar-refractivity contribution in [2.24, 2.45) is 0 Å². The van der Waals surface area contributed by atoms with E-state index in [4.69, 9.17) is 9.47 Å². The van der Waals surface area contributed by atoms with Crippen LogP contribution in [0.1, 0.15) is 5.69 Å². The molecule has 3 aromatic rings. The second-order valence-electron chi connectivity index (χ2n) is 4.89. The summed E-state index contributed by atoms with van der Waals surface area (Å²) < 4.78 is 49.9. The van der Waals surface area contributed by atoms with Gasteiger partial charge in [-0.25, -0.2) is 9.50 Å². The van der Waals surface area contributed by atoms with Crippen molar-refractivity contribution in [3.8, 4) is 22.6 Å². The quantitative estimate of drug-likeness (QED) is 0.797. The molecular weight excluding hydrogens is 327 g/mol. The molecule has 0 saturated heterocycles. The first kappa shape index (κ1) is 15.9. The van der Waals surface area contributed by atoms with Gasteiger partial charge in [0, 0.05) is 17.8 Å². The highest BCUT2D eigenvalue weighted by molar-refractivity contribution is 5.78. The number of nitrogens with zero attached hydrogens (tertiary/aromatic N) is 2. The number of hydrogen-bond acceptors (Lipinski definition) is 4. The molecule has 9 heteroatoms. The molecular formula is C15H12F3N3O3. The minimum Gasteiger partial charge on any atom is -0.493 e. The molecule has 0 amide bonds. The van der Waals surface area contributed by atoms with Crippen molar-refractivity contribution in [2.75, 3.05) is 14.2 Å². The molecule has 0 spiro atoms. The molecule has 0 aliphatic rings. The van der Waals surface area contributed by atoms with Gasteiger partial charge in [-0.1, -0.05) is 6.07 Å². The molecule has 0 aliphatic carbocycles. The predicted octanol–water partition coefficient (Wildman–Crippen LogP) is 2.73. The van der Waals surface area contributed by atoms with Gasteiger partial charge >= 0.3 is 6.18 Å². The fourth-order valence-corrected chi connectivity index (χ4v) is 2.34. The first-order chi connectivity index (χ1) is 11.3. The van der Waals surface area contributed by atoms with Crippen molar-refractivity contribution >= 4 is 5.65 Å². The second kappa shape index (κ2) is 5.59. The minimum atomic E-state index is -4.71. The van der Waals surface area contributed by atoms with Gasteiger partial charge in [0.05, 0.1) is 14.2 Å². The lowest BCUT2D eigenvalue weighted by Crippen LogP contribution is -2.19. The van der Waals surface area contributed by atoms with Crippen LogP contribution < -0.4 is 15.0 Å². The topological polar surface area (TPSA) is 68.6 Å². The number of nitrogens with one attached hydrogen (secondary N) is 1. The Labute approximate surface area is 133 Å². The average molecular weight is 339 g/mol. The van der Waals surface area contributed by atoms with Crippen molar-refractivity contribution in [1.82, 2.24) is 14.6 Å². The summed E-state index contributed by atoms with van der Waals surface area (Å²) in [5.41, 5.74) is -1.35. The molecule has 0 atom stereocenters. The third kappa shape index (κ3) is 2.57. The van der Waals surface area contributed by atoms with Crippen LogP contribution in [0.3, 0.4) is 0 Å². The Hall–Kier alpha value is -2.97. The van der Waals surface area contributed by atoms with Crippen LogP contribution in [0.2, 0.25) is 0 Å². The van der Waals surface area contributed by atoms with Gasteiger partial charge in [-0.3, -0.25) is 9.89 Å². The first-order valence-electron chi connectivity index (χ1n) is 6.76. The monoisotopic (exact) mass is 339 g/mol. The van der Waals surface area contributed by atoms with E-state index in [1.807, 2.05) is 0 Å². The Balaban J connectivity index is 2.24. The molecule has 0 aliphatic heterocycles. The first-order valence-corrected chi connectivity index (χ1v) is 6.76. The molecule has 6 nitrogen and oxygen atoms in total. The smallest absolute Gasteiger partial charge is 0.433 e. The van der Waals surface area contributed by atoms with Crippen molar-refractivity contribution < 1.29 is 22.6 Å². The van der Waals surface area contributed by atoms with E-state index in [0.717, 1.165) is 4.52 Å². The Bertz CT molecular complexity index is 960. The summed E-state index contributed by atoms with van der Waals surface area (Å²) in [6, 6.07) is 5.29. The van der Waals surface area contributed by atoms with E-state index in [2.05, 4.69) is 10.1 Å². The van der Waals surface area contributed by atoms with Gasteiger partial charge in [-0.15, -0.1) is 0 Å². The molecule has 0 bridgehead atoms. The summed E-state index contributed by atoms with van der Waals surface area (Å²) in [5.74, 6) is 0.880. The lowest BCUT2D eigenvalue weighted by atomic mass is 10.1. The van der Waals surface area contributed by atoms with Crippen molar-refractivity contribution in [2.45, 2.75) is 6.18 Å². The standard InChI is InChI=1S/C15H12F3N3O3/c1-23-10-4-3-8(5-11(10)24-2)9-7-19-21-13(22)6-12(15(16,17)18)20-14(9)21/h3-7,19H,1-2H3. The number of fused-ring (bicyclic) bond motifs is 1. The number of hydrogen-bond donors (Lipinski definition) is 1. The molecule has 2 heterocycles. The summed E-state index contributed by atoms with van der Waals surface area (Å²) in [4.78, 5) is 15.4. The maximum Gasteiger partial charge on any atom is 0.433 e. The van der Waals surface area contributed by atoms with Crippen LogP contribution in [0.25, 0.3) is 16.8 Å². The van der Waals surface area contributed by atoms with Crippen LogP contribution in [0.15, 0.2) is 35.3 Å². The van der Waals surface area contributed by atoms with Gasteiger partial charge < -0.3 is 9.47 Å². The average Bonchev–Trinajstić information content (AvgIpc) is 2.98. The van der Waals surface area contributed by atoms with Crippen LogP contribution >= 0.6 is 0 Å². The van der Waals surface area contributed by atoms with Crippen LogP contribution in [0.5, 0.6) is 11.5 Å². The summed E-state index contributed by atoms with van der Waals surface area (Å²) in [5, 5.41) is 2.60. The van der Waals surface area contributed by atoms with E-state index in [1.54, 1.807) is 18.2 Å². The zero-order valence-corrected chi connectivity index (χ0v) is 12.6. The van der Waals surface area contributed by atoms with E-state index in [1.165, 1.54) is 20.4 Å². The van der Waals surface area contributed by atoms with Crippen LogP contribution in [0, 0.1) is 0 Å². The van der Waals surface area contributed by atoms with Crippen molar-refractivity contribution in [3.05, 3.63) is 46.5 Å². The third-order valence-electron chi connectivity index (χ3n) is 3.48. The number of rotatable bonds is 3. The molecule has 2 aromatic heterocycles. The normalized spacial score (nSPS) is 11.7. The lowest BCUT2D eigenvalue weighted by molar-refractivity contribution is -0.141. The highest BCUT2D eigenvalue weighted by Gasteiger charge is 2.34. The molecule has 0 radical (unpaired) electrons. The summed E-state index contributed by atoms with van der Waals surface area (Å²) in [6.45, 7) is 0. The Morgan fingerprint density at radius 1 is 1.12 bits per heavy atom. The zero-order chi connectivity index (χ0) is 17.5. The second-order valence-corrected chi connectivity index (χ2v) is 4.89. The zero-order valence-electron chi connectivity index (χ0n) is 12.6. The van der Waals surface area contributed by atoms with Crippen LogP contribution in [-0.2, 0) is 6.18 Å². The molecule has 126 valence electrons. The lowest BCUT2D eigenvalue weighted by Gasteiger charge is -2.09. The van der Waals surface area contributed by atoms with Gasteiger partial charge in [0.15, 0.2) is 22.8 Å². The number of methoxy groups -OCH3 is 2. The molecule has 24 heavy (non-hydrogen) atoms. The van der Waals surface area contributed by atoms with Crippen molar-refractivity contribution in [3.63, 3.8) is 0 Å². The van der Waals surface area contributed by atoms with Gasteiger partial charge in [-0.05, 0) is 17.7 Å². The summed E-state index contributed by atoms with van der Waals surface area (Å²) in [6.07, 6.45) is -3.30. The number of H-pyrrole nitrogens is 1. The minimum absolute atomic E-state index is 0.123. The predicted molar refractivity (Wildman–Crippen MR) is 79.4 cm³/mol. The molecule has 0 fully saturated rings. The number of benzene rings is 1. The number of aromatic amines is 1. The van der Waals surface area contributed by atoms with Gasteiger partial charge in [0.1, 0.15) is 0 Å².